The number of aromatic carboxylic acids is 1. The smallest absolute Gasteiger partial charge is 0.338 e. The Bertz CT molecular complexity index is 390. The van der Waals surface area contributed by atoms with E-state index in [0.29, 0.717) is 6.54 Å². The van der Waals surface area contributed by atoms with Crippen LogP contribution in [0.3, 0.4) is 0 Å². The van der Waals surface area contributed by atoms with Crippen LogP contribution in [0, 0.1) is 0 Å². The molecule has 5 nitrogen and oxygen atoms in total. The fourth-order valence-corrected chi connectivity index (χ4v) is 1.07. The molecule has 1 heterocycles. The van der Waals surface area contributed by atoms with Crippen LogP contribution in [-0.4, -0.2) is 40.5 Å². The average Bonchev–Trinajstić information content (AvgIpc) is 2.27. The summed E-state index contributed by atoms with van der Waals surface area (Å²) in [6, 6.07) is 2.86. The lowest BCUT2D eigenvalue weighted by molar-refractivity contribution is 0.0680. The van der Waals surface area contributed by atoms with Crippen LogP contribution in [0.2, 0.25) is 0 Å². The number of hydrogen-bond acceptors (Lipinski definition) is 3. The molecule has 0 unspecified atom stereocenters. The first-order chi connectivity index (χ1) is 7.07. The Balaban J connectivity index is 3.13. The van der Waals surface area contributed by atoms with Gasteiger partial charge in [0, 0.05) is 19.8 Å². The Hall–Kier alpha value is -1.91. The summed E-state index contributed by atoms with van der Waals surface area (Å²) in [6.07, 6.45) is 1.41. The van der Waals surface area contributed by atoms with Gasteiger partial charge in [-0.25, -0.2) is 4.79 Å². The molecule has 1 aromatic rings. The van der Waals surface area contributed by atoms with E-state index in [1.807, 2.05) is 0 Å². The summed E-state index contributed by atoms with van der Waals surface area (Å²) in [5, 5.41) is 8.86. The third kappa shape index (κ3) is 2.31. The second-order valence-electron chi connectivity index (χ2n) is 3.02. The summed E-state index contributed by atoms with van der Waals surface area (Å²) >= 11 is 0. The van der Waals surface area contributed by atoms with Gasteiger partial charge in [-0.1, -0.05) is 0 Å². The lowest BCUT2D eigenvalue weighted by Gasteiger charge is -2.14. The molecular weight excluding hydrogens is 196 g/mol. The molecule has 0 bridgehead atoms. The highest BCUT2D eigenvalue weighted by Gasteiger charge is 2.19. The predicted octanol–water partition coefficient (Wildman–Crippen LogP) is 0.872. The molecule has 1 N–H and O–H groups in total. The molecule has 15 heavy (non-hydrogen) atoms. The molecule has 0 atom stereocenters. The molecule has 0 aliphatic heterocycles. The van der Waals surface area contributed by atoms with E-state index in [0.717, 1.165) is 0 Å². The first-order valence-corrected chi connectivity index (χ1v) is 4.51. The molecule has 1 aromatic heterocycles. The first kappa shape index (κ1) is 11.2. The Kier molecular flexibility index (Phi) is 3.38. The highest BCUT2D eigenvalue weighted by atomic mass is 16.4. The summed E-state index contributed by atoms with van der Waals surface area (Å²) in [5.74, 6) is -1.52. The minimum Gasteiger partial charge on any atom is -0.478 e. The van der Waals surface area contributed by atoms with Crippen LogP contribution in [0.5, 0.6) is 0 Å². The normalized spacial score (nSPS) is 9.73. The van der Waals surface area contributed by atoms with E-state index >= 15 is 0 Å². The van der Waals surface area contributed by atoms with Gasteiger partial charge in [-0.3, -0.25) is 9.78 Å². The van der Waals surface area contributed by atoms with E-state index in [4.69, 9.17) is 5.11 Å². The number of carboxylic acids is 1. The second-order valence-corrected chi connectivity index (χ2v) is 3.02. The second kappa shape index (κ2) is 4.54. The van der Waals surface area contributed by atoms with Crippen molar-refractivity contribution in [1.82, 2.24) is 9.88 Å². The van der Waals surface area contributed by atoms with Crippen molar-refractivity contribution in [3.05, 3.63) is 29.6 Å². The van der Waals surface area contributed by atoms with Crippen molar-refractivity contribution in [3.63, 3.8) is 0 Å². The Labute approximate surface area is 87.4 Å². The maximum atomic E-state index is 11.7. The summed E-state index contributed by atoms with van der Waals surface area (Å²) in [5.41, 5.74) is -0.0860. The Morgan fingerprint density at radius 3 is 2.73 bits per heavy atom. The van der Waals surface area contributed by atoms with Crippen molar-refractivity contribution < 1.29 is 14.7 Å². The van der Waals surface area contributed by atoms with Gasteiger partial charge in [0.05, 0.1) is 5.56 Å². The standard InChI is InChI=1S/C10H12N2O3/c1-3-12(2)9(13)8-7(10(14)15)5-4-6-11-8/h4-6H,3H2,1-2H3,(H,14,15). The van der Waals surface area contributed by atoms with Crippen LogP contribution in [-0.2, 0) is 0 Å². The van der Waals surface area contributed by atoms with Crippen molar-refractivity contribution >= 4 is 11.9 Å². The summed E-state index contributed by atoms with van der Waals surface area (Å²) in [6.45, 7) is 2.32. The van der Waals surface area contributed by atoms with Gasteiger partial charge < -0.3 is 10.0 Å². The van der Waals surface area contributed by atoms with Gasteiger partial charge >= 0.3 is 5.97 Å². The summed E-state index contributed by atoms with van der Waals surface area (Å²) in [4.78, 5) is 27.7. The minimum atomic E-state index is -1.14. The number of aromatic nitrogens is 1. The van der Waals surface area contributed by atoms with Gasteiger partial charge in [-0.05, 0) is 19.1 Å². The largest absolute Gasteiger partial charge is 0.478 e. The van der Waals surface area contributed by atoms with Crippen LogP contribution in [0.25, 0.3) is 0 Å². The van der Waals surface area contributed by atoms with Crippen LogP contribution in [0.15, 0.2) is 18.3 Å². The predicted molar refractivity (Wildman–Crippen MR) is 53.8 cm³/mol. The fourth-order valence-electron chi connectivity index (χ4n) is 1.07. The molecule has 1 rings (SSSR count). The molecule has 0 saturated carbocycles. The van der Waals surface area contributed by atoms with E-state index in [9.17, 15) is 9.59 Å². The van der Waals surface area contributed by atoms with Gasteiger partial charge in [0.1, 0.15) is 5.69 Å². The Morgan fingerprint density at radius 1 is 1.53 bits per heavy atom. The summed E-state index contributed by atoms with van der Waals surface area (Å²) < 4.78 is 0. The number of carbonyl (C=O) groups excluding carboxylic acids is 1. The zero-order valence-electron chi connectivity index (χ0n) is 8.60. The van der Waals surface area contributed by atoms with E-state index in [1.54, 1.807) is 14.0 Å². The van der Waals surface area contributed by atoms with Crippen LogP contribution in [0.4, 0.5) is 0 Å². The summed E-state index contributed by atoms with van der Waals surface area (Å²) in [7, 11) is 1.60. The fraction of sp³-hybridized carbons (Fsp3) is 0.300. The van der Waals surface area contributed by atoms with E-state index in [2.05, 4.69) is 4.98 Å². The molecule has 5 heteroatoms. The van der Waals surface area contributed by atoms with Gasteiger partial charge in [0.25, 0.3) is 5.91 Å². The van der Waals surface area contributed by atoms with Crippen molar-refractivity contribution in [1.29, 1.82) is 0 Å². The molecule has 0 aliphatic rings. The molecule has 80 valence electrons. The SMILES string of the molecule is CCN(C)C(=O)c1ncccc1C(=O)O. The highest BCUT2D eigenvalue weighted by molar-refractivity contribution is 6.03. The van der Waals surface area contributed by atoms with Crippen molar-refractivity contribution in [2.45, 2.75) is 6.92 Å². The van der Waals surface area contributed by atoms with Gasteiger partial charge in [-0.15, -0.1) is 0 Å². The zero-order chi connectivity index (χ0) is 11.4. The van der Waals surface area contributed by atoms with Crippen molar-refractivity contribution in [3.8, 4) is 0 Å². The number of amides is 1. The molecule has 0 spiro atoms. The van der Waals surface area contributed by atoms with Crippen LogP contribution >= 0.6 is 0 Å². The lowest BCUT2D eigenvalue weighted by atomic mass is 10.2. The van der Waals surface area contributed by atoms with E-state index < -0.39 is 5.97 Å². The number of carbonyl (C=O) groups is 2. The molecule has 0 radical (unpaired) electrons. The van der Waals surface area contributed by atoms with Gasteiger partial charge in [-0.2, -0.15) is 0 Å². The minimum absolute atomic E-state index is 0.0191. The molecule has 0 fully saturated rings. The third-order valence-electron chi connectivity index (χ3n) is 2.06. The number of nitrogens with zero attached hydrogens (tertiary/aromatic N) is 2. The maximum Gasteiger partial charge on any atom is 0.338 e. The van der Waals surface area contributed by atoms with Crippen LogP contribution in [0.1, 0.15) is 27.8 Å². The topological polar surface area (TPSA) is 70.5 Å². The molecule has 0 saturated heterocycles. The number of hydrogen-bond donors (Lipinski definition) is 1. The maximum absolute atomic E-state index is 11.7. The zero-order valence-corrected chi connectivity index (χ0v) is 8.60. The van der Waals surface area contributed by atoms with E-state index in [-0.39, 0.29) is 17.2 Å². The first-order valence-electron chi connectivity index (χ1n) is 4.51. The van der Waals surface area contributed by atoms with E-state index in [1.165, 1.54) is 23.2 Å². The molecule has 0 aliphatic carbocycles. The number of carboxylic acid groups (broad SMARTS) is 1. The average molecular weight is 208 g/mol. The number of rotatable bonds is 3. The molecular formula is C10H12N2O3. The molecule has 1 amide bonds. The van der Waals surface area contributed by atoms with Gasteiger partial charge in [0.2, 0.25) is 0 Å². The highest BCUT2D eigenvalue weighted by Crippen LogP contribution is 2.07. The van der Waals surface area contributed by atoms with Crippen LogP contribution < -0.4 is 0 Å². The van der Waals surface area contributed by atoms with Gasteiger partial charge in [0.15, 0.2) is 0 Å². The lowest BCUT2D eigenvalue weighted by Crippen LogP contribution is -2.28. The monoisotopic (exact) mass is 208 g/mol. The third-order valence-corrected chi connectivity index (χ3v) is 2.06. The van der Waals surface area contributed by atoms with Crippen molar-refractivity contribution in [2.75, 3.05) is 13.6 Å². The molecule has 0 aromatic carbocycles. The quantitative estimate of drug-likeness (QED) is 0.800. The van der Waals surface area contributed by atoms with Crippen molar-refractivity contribution in [2.24, 2.45) is 0 Å². The number of pyridine rings is 1. The Morgan fingerprint density at radius 2 is 2.20 bits per heavy atom.